The van der Waals surface area contributed by atoms with Gasteiger partial charge in [-0.25, -0.2) is 0 Å². The molecule has 394 valence electrons. The van der Waals surface area contributed by atoms with Crippen LogP contribution in [0.2, 0.25) is 0 Å². The van der Waals surface area contributed by atoms with Gasteiger partial charge in [0.05, 0.1) is 32.5 Å². The third kappa shape index (κ3) is 8.42. The van der Waals surface area contributed by atoms with Crippen LogP contribution < -0.4 is 10.4 Å². The molecule has 2 aliphatic carbocycles. The fraction of sp³-hybridized carbons (Fsp3) is 0.0588. The summed E-state index contributed by atoms with van der Waals surface area (Å²) in [6.45, 7) is 0. The molecule has 14 aromatic carbocycles. The first-order valence-corrected chi connectivity index (χ1v) is 29.3. The molecule has 0 unspecified atom stereocenters. The minimum Gasteiger partial charge on any atom is -0.282 e. The molecule has 2 aliphatic rings. The van der Waals surface area contributed by atoms with Gasteiger partial charge in [0, 0.05) is 16.5 Å². The zero-order valence-electron chi connectivity index (χ0n) is 42.9. The van der Waals surface area contributed by atoms with Crippen molar-refractivity contribution in [3.05, 3.63) is 216 Å². The van der Waals surface area contributed by atoms with Crippen molar-refractivity contribution in [2.24, 2.45) is 20.5 Å². The van der Waals surface area contributed by atoms with E-state index in [0.29, 0.717) is 22.7 Å². The SMILES string of the molecule is O=S(=O)(O)c1ccc(N=Nc2ccc(-c3c4c5c(ccc6cc7cccc8ccc3c(c87)c65)CCC=4)cc2)cc1.O=S(=O)(O)c1ccc(N=Nc2ccc(-c3c4cccc5ccc6cc7c8c(ccc3c8c6c54)CCC=7)cc2)cc1.[Ni]. The Morgan fingerprint density at radius 1 is 0.346 bits per heavy atom. The molecule has 81 heavy (non-hydrogen) atoms. The second-order valence-corrected chi connectivity index (χ2v) is 23.6. The Labute approximate surface area is 474 Å². The summed E-state index contributed by atoms with van der Waals surface area (Å²) in [5.74, 6) is 0. The van der Waals surface area contributed by atoms with Gasteiger partial charge in [0.1, 0.15) is 0 Å². The maximum absolute atomic E-state index is 11.3. The van der Waals surface area contributed by atoms with E-state index in [1.54, 1.807) is 0 Å². The number of nitrogens with zero attached hydrogens (tertiary/aromatic N) is 4. The van der Waals surface area contributed by atoms with E-state index in [1.165, 1.54) is 167 Å². The third-order valence-corrected chi connectivity index (χ3v) is 17.9. The van der Waals surface area contributed by atoms with Crippen LogP contribution in [0, 0.1) is 0 Å². The predicted molar refractivity (Wildman–Crippen MR) is 323 cm³/mol. The number of rotatable bonds is 8. The number of azo groups is 2. The quantitative estimate of drug-likeness (QED) is 0.0507. The Morgan fingerprint density at radius 2 is 0.765 bits per heavy atom. The molecule has 0 radical (unpaired) electrons. The van der Waals surface area contributed by atoms with Crippen LogP contribution in [0.3, 0.4) is 0 Å². The van der Waals surface area contributed by atoms with Gasteiger partial charge in [0.15, 0.2) is 0 Å². The molecule has 14 aromatic rings. The van der Waals surface area contributed by atoms with Crippen molar-refractivity contribution in [3.8, 4) is 22.3 Å². The smallest absolute Gasteiger partial charge is 0.282 e. The van der Waals surface area contributed by atoms with Gasteiger partial charge in [-0.05, 0) is 241 Å². The molecule has 2 N–H and O–H groups in total. The summed E-state index contributed by atoms with van der Waals surface area (Å²) in [7, 11) is -8.48. The van der Waals surface area contributed by atoms with Crippen molar-refractivity contribution in [2.45, 2.75) is 35.5 Å². The van der Waals surface area contributed by atoms with E-state index in [0.717, 1.165) is 36.8 Å². The molecule has 0 heterocycles. The molecular weight excluding hydrogens is 1090 g/mol. The molecule has 0 aliphatic heterocycles. The molecule has 0 spiro atoms. The molecule has 0 aromatic heterocycles. The fourth-order valence-corrected chi connectivity index (χ4v) is 13.7. The summed E-state index contributed by atoms with van der Waals surface area (Å²) in [5, 5.41) is 40.8. The van der Waals surface area contributed by atoms with Crippen molar-refractivity contribution in [1.82, 2.24) is 0 Å². The van der Waals surface area contributed by atoms with Crippen LogP contribution in [0.5, 0.6) is 0 Å². The number of aryl methyl sites for hydroxylation is 2. The van der Waals surface area contributed by atoms with E-state index in [4.69, 9.17) is 0 Å². The maximum Gasteiger partial charge on any atom is 0.294 e. The van der Waals surface area contributed by atoms with Crippen LogP contribution in [0.1, 0.15) is 24.0 Å². The predicted octanol–water partition coefficient (Wildman–Crippen LogP) is 17.0. The van der Waals surface area contributed by atoms with Crippen LogP contribution in [0.25, 0.3) is 121 Å². The van der Waals surface area contributed by atoms with Gasteiger partial charge in [0.2, 0.25) is 0 Å². The minimum absolute atomic E-state index is 0. The Hall–Kier alpha value is -8.81. The molecular formula is C68H44N4NiO6S2. The number of benzene rings is 14. The second-order valence-electron chi connectivity index (χ2n) is 20.8. The first kappa shape index (κ1) is 50.4. The summed E-state index contributed by atoms with van der Waals surface area (Å²) in [5.41, 5.74) is 9.93. The fourth-order valence-electron chi connectivity index (χ4n) is 12.8. The number of hydrogen-bond donors (Lipinski definition) is 2. The summed E-state index contributed by atoms with van der Waals surface area (Å²) < 4.78 is 63.4. The van der Waals surface area contributed by atoms with Crippen molar-refractivity contribution < 1.29 is 42.4 Å². The minimum atomic E-state index is -4.24. The van der Waals surface area contributed by atoms with E-state index >= 15 is 0 Å². The van der Waals surface area contributed by atoms with Crippen LogP contribution in [-0.4, -0.2) is 25.9 Å². The van der Waals surface area contributed by atoms with E-state index < -0.39 is 20.2 Å². The molecule has 0 bridgehead atoms. The average molecular weight is 1140 g/mol. The summed E-state index contributed by atoms with van der Waals surface area (Å²) in [6.07, 6.45) is 8.99. The first-order valence-electron chi connectivity index (χ1n) is 26.4. The van der Waals surface area contributed by atoms with E-state index in [2.05, 4.69) is 154 Å². The van der Waals surface area contributed by atoms with Gasteiger partial charge < -0.3 is 0 Å². The molecule has 0 saturated carbocycles. The standard InChI is InChI=1S/2C34H22N2O3S.Ni/c2*37-40(38,39)27-16-14-26(15-17-27)36-35-25-12-9-22(10-13-25)31-28-6-2-4-21-7-8-24-19-23-5-1-3-20-11-18-29(31)34(30(20)23)33(24)32(21)28;/h2,4-19H,1,3H2,(H,37,38,39);1,3,5-19H,2,4H2,(H,37,38,39);. The third-order valence-electron chi connectivity index (χ3n) is 16.2. The summed E-state index contributed by atoms with van der Waals surface area (Å²) in [6, 6.07) is 63.5. The van der Waals surface area contributed by atoms with Crippen LogP contribution in [0.15, 0.2) is 224 Å². The Bertz CT molecular complexity index is 5330. The zero-order chi connectivity index (χ0) is 54.0. The van der Waals surface area contributed by atoms with E-state index in [-0.39, 0.29) is 26.3 Å². The topological polar surface area (TPSA) is 158 Å². The van der Waals surface area contributed by atoms with Crippen molar-refractivity contribution in [3.63, 3.8) is 0 Å². The van der Waals surface area contributed by atoms with Gasteiger partial charge in [-0.15, -0.1) is 0 Å². The van der Waals surface area contributed by atoms with E-state index in [9.17, 15) is 25.9 Å². The second kappa shape index (κ2) is 19.2. The van der Waals surface area contributed by atoms with Crippen molar-refractivity contribution >= 4 is 141 Å². The van der Waals surface area contributed by atoms with Gasteiger partial charge in [-0.3, -0.25) is 9.11 Å². The summed E-state index contributed by atoms with van der Waals surface area (Å²) >= 11 is 0. The average Bonchev–Trinajstić information content (AvgIpc) is 3.60. The molecule has 13 heteroatoms. The van der Waals surface area contributed by atoms with Gasteiger partial charge in [0.25, 0.3) is 20.2 Å². The molecule has 16 rings (SSSR count). The molecule has 0 atom stereocenters. The Kier molecular flexibility index (Phi) is 11.9. The molecule has 0 amide bonds. The zero-order valence-corrected chi connectivity index (χ0v) is 45.5. The van der Waals surface area contributed by atoms with Gasteiger partial charge in [-0.2, -0.15) is 37.3 Å². The van der Waals surface area contributed by atoms with Gasteiger partial charge in [-0.1, -0.05) is 121 Å². The largest absolute Gasteiger partial charge is 0.294 e. The van der Waals surface area contributed by atoms with Crippen molar-refractivity contribution in [2.75, 3.05) is 0 Å². The Morgan fingerprint density at radius 3 is 1.40 bits per heavy atom. The van der Waals surface area contributed by atoms with Crippen LogP contribution in [0.4, 0.5) is 22.7 Å². The van der Waals surface area contributed by atoms with E-state index in [1.807, 2.05) is 24.3 Å². The van der Waals surface area contributed by atoms with Crippen LogP contribution >= 0.6 is 0 Å². The van der Waals surface area contributed by atoms with Crippen LogP contribution in [-0.2, 0) is 49.6 Å². The monoisotopic (exact) mass is 1130 g/mol. The first-order chi connectivity index (χ1) is 38.9. The molecule has 10 nitrogen and oxygen atoms in total. The number of hydrogen-bond acceptors (Lipinski definition) is 8. The maximum atomic E-state index is 11.3. The normalized spacial score (nSPS) is 13.6. The molecule has 0 saturated heterocycles. The molecule has 0 fully saturated rings. The Balaban J connectivity index is 0.000000144. The van der Waals surface area contributed by atoms with Crippen molar-refractivity contribution in [1.29, 1.82) is 0 Å². The van der Waals surface area contributed by atoms with Gasteiger partial charge >= 0.3 is 0 Å². The summed E-state index contributed by atoms with van der Waals surface area (Å²) in [4.78, 5) is -0.349.